The Balaban J connectivity index is 1.28. The Morgan fingerprint density at radius 2 is 1.86 bits per heavy atom. The first kappa shape index (κ1) is 19.5. The van der Waals surface area contributed by atoms with Crippen molar-refractivity contribution in [1.29, 1.82) is 0 Å². The molecular weight excluding hydrogens is 354 g/mol. The van der Waals surface area contributed by atoms with Gasteiger partial charge in [-0.2, -0.15) is 0 Å². The van der Waals surface area contributed by atoms with Crippen LogP contribution in [0.15, 0.2) is 11.8 Å². The standard InChI is InChI=1S/C22H33N3O3/c26-20-12-15-24(19-10-4-2-8-17(19)20)21(27)11-13-23-22(28)25-14-5-7-16-6-1-3-9-18(16)25/h9,16-17,19H,1-8,10-15H2,(H,23,28). The van der Waals surface area contributed by atoms with E-state index in [1.807, 2.05) is 9.80 Å². The molecule has 2 aliphatic carbocycles. The second-order valence-corrected chi connectivity index (χ2v) is 8.79. The lowest BCUT2D eigenvalue weighted by atomic mass is 9.77. The molecule has 0 aromatic carbocycles. The van der Waals surface area contributed by atoms with Gasteiger partial charge in [0.25, 0.3) is 0 Å². The maximum Gasteiger partial charge on any atom is 0.321 e. The van der Waals surface area contributed by atoms with E-state index in [4.69, 9.17) is 0 Å². The van der Waals surface area contributed by atoms with Gasteiger partial charge in [0.1, 0.15) is 5.78 Å². The third-order valence-electron chi connectivity index (χ3n) is 7.10. The molecule has 6 heteroatoms. The van der Waals surface area contributed by atoms with Gasteiger partial charge < -0.3 is 10.2 Å². The number of amides is 3. The predicted octanol–water partition coefficient (Wildman–Crippen LogP) is 3.23. The van der Waals surface area contributed by atoms with Gasteiger partial charge in [-0.3, -0.25) is 14.5 Å². The molecule has 6 nitrogen and oxygen atoms in total. The number of allylic oxidation sites excluding steroid dienone is 2. The van der Waals surface area contributed by atoms with Crippen molar-refractivity contribution in [2.24, 2.45) is 11.8 Å². The van der Waals surface area contributed by atoms with Crippen molar-refractivity contribution in [2.45, 2.75) is 76.7 Å². The molecule has 3 amide bonds. The molecule has 3 atom stereocenters. The van der Waals surface area contributed by atoms with E-state index < -0.39 is 0 Å². The van der Waals surface area contributed by atoms with Gasteiger partial charge in [-0.15, -0.1) is 0 Å². The molecule has 0 spiro atoms. The van der Waals surface area contributed by atoms with Crippen molar-refractivity contribution in [1.82, 2.24) is 15.1 Å². The van der Waals surface area contributed by atoms with Crippen LogP contribution in [0.3, 0.4) is 0 Å². The summed E-state index contributed by atoms with van der Waals surface area (Å²) in [5.41, 5.74) is 1.20. The summed E-state index contributed by atoms with van der Waals surface area (Å²) < 4.78 is 0. The average Bonchev–Trinajstić information content (AvgIpc) is 2.73. The van der Waals surface area contributed by atoms with Gasteiger partial charge in [0, 0.05) is 50.1 Å². The van der Waals surface area contributed by atoms with E-state index in [1.165, 1.54) is 25.0 Å². The smallest absolute Gasteiger partial charge is 0.321 e. The maximum absolute atomic E-state index is 12.8. The molecule has 154 valence electrons. The van der Waals surface area contributed by atoms with Crippen LogP contribution in [0.2, 0.25) is 0 Å². The SMILES string of the molecule is O=C1CCN(C(=O)CCNC(=O)N2CCCC3CCCC=C32)C2CCCCC12. The van der Waals surface area contributed by atoms with Gasteiger partial charge >= 0.3 is 6.03 Å². The number of hydrogen-bond acceptors (Lipinski definition) is 3. The number of carbonyl (C=O) groups excluding carboxylic acids is 3. The van der Waals surface area contributed by atoms with Crippen molar-refractivity contribution in [3.05, 3.63) is 11.8 Å². The summed E-state index contributed by atoms with van der Waals surface area (Å²) in [5.74, 6) is 0.995. The van der Waals surface area contributed by atoms with E-state index in [0.29, 0.717) is 37.6 Å². The van der Waals surface area contributed by atoms with E-state index in [1.54, 1.807) is 0 Å². The van der Waals surface area contributed by atoms with Gasteiger partial charge in [-0.25, -0.2) is 4.79 Å². The molecule has 3 unspecified atom stereocenters. The first-order chi connectivity index (χ1) is 13.6. The molecule has 28 heavy (non-hydrogen) atoms. The summed E-state index contributed by atoms with van der Waals surface area (Å²) >= 11 is 0. The Labute approximate surface area is 167 Å². The van der Waals surface area contributed by atoms with Gasteiger partial charge in [-0.05, 0) is 50.9 Å². The van der Waals surface area contributed by atoms with Crippen molar-refractivity contribution in [2.75, 3.05) is 19.6 Å². The highest BCUT2D eigenvalue weighted by Gasteiger charge is 2.40. The van der Waals surface area contributed by atoms with Gasteiger partial charge in [0.2, 0.25) is 5.91 Å². The fraction of sp³-hybridized carbons (Fsp3) is 0.773. The molecule has 0 bridgehead atoms. The first-order valence-electron chi connectivity index (χ1n) is 11.2. The minimum absolute atomic E-state index is 0.0459. The van der Waals surface area contributed by atoms with Gasteiger partial charge in [0.05, 0.1) is 0 Å². The number of likely N-dealkylation sites (tertiary alicyclic amines) is 2. The summed E-state index contributed by atoms with van der Waals surface area (Å²) in [4.78, 5) is 41.5. The third kappa shape index (κ3) is 3.96. The molecular formula is C22H33N3O3. The molecule has 0 radical (unpaired) electrons. The number of fused-ring (bicyclic) bond motifs is 2. The molecule has 1 N–H and O–H groups in total. The fourth-order valence-electron chi connectivity index (χ4n) is 5.66. The second kappa shape index (κ2) is 8.66. The molecule has 0 aromatic heterocycles. The molecule has 0 aromatic rings. The largest absolute Gasteiger partial charge is 0.338 e. The topological polar surface area (TPSA) is 69.7 Å². The zero-order valence-electron chi connectivity index (χ0n) is 16.8. The normalized spacial score (nSPS) is 30.2. The van der Waals surface area contributed by atoms with Crippen molar-refractivity contribution >= 4 is 17.7 Å². The molecule has 2 heterocycles. The van der Waals surface area contributed by atoms with E-state index in [2.05, 4.69) is 11.4 Å². The lowest BCUT2D eigenvalue weighted by Crippen LogP contribution is -2.53. The van der Waals surface area contributed by atoms with Gasteiger partial charge in [-0.1, -0.05) is 18.9 Å². The summed E-state index contributed by atoms with van der Waals surface area (Å²) in [7, 11) is 0. The van der Waals surface area contributed by atoms with E-state index in [9.17, 15) is 14.4 Å². The average molecular weight is 388 g/mol. The minimum atomic E-state index is -0.0602. The number of hydrogen-bond donors (Lipinski definition) is 1. The fourth-order valence-corrected chi connectivity index (χ4v) is 5.66. The van der Waals surface area contributed by atoms with E-state index in [-0.39, 0.29) is 23.9 Å². The Morgan fingerprint density at radius 3 is 2.75 bits per heavy atom. The Morgan fingerprint density at radius 1 is 1.04 bits per heavy atom. The van der Waals surface area contributed by atoms with Crippen molar-refractivity contribution in [3.63, 3.8) is 0 Å². The number of rotatable bonds is 3. The van der Waals surface area contributed by atoms with Crippen LogP contribution in [-0.4, -0.2) is 53.2 Å². The number of nitrogens with zero attached hydrogens (tertiary/aromatic N) is 2. The number of piperidine rings is 2. The van der Waals surface area contributed by atoms with Gasteiger partial charge in [0.15, 0.2) is 0 Å². The summed E-state index contributed by atoms with van der Waals surface area (Å²) in [5, 5.41) is 2.97. The summed E-state index contributed by atoms with van der Waals surface area (Å²) in [6.07, 6.45) is 12.8. The Kier molecular flexibility index (Phi) is 6.02. The Hall–Kier alpha value is -1.85. The maximum atomic E-state index is 12.8. The zero-order valence-corrected chi connectivity index (χ0v) is 16.8. The van der Waals surface area contributed by atoms with Crippen LogP contribution < -0.4 is 5.32 Å². The van der Waals surface area contributed by atoms with E-state index >= 15 is 0 Å². The predicted molar refractivity (Wildman–Crippen MR) is 106 cm³/mol. The molecule has 4 aliphatic rings. The van der Waals surface area contributed by atoms with Crippen LogP contribution in [-0.2, 0) is 9.59 Å². The lowest BCUT2D eigenvalue weighted by Gasteiger charge is -2.43. The second-order valence-electron chi connectivity index (χ2n) is 8.79. The zero-order chi connectivity index (χ0) is 19.5. The van der Waals surface area contributed by atoms with Crippen LogP contribution in [0.25, 0.3) is 0 Å². The van der Waals surface area contributed by atoms with Crippen LogP contribution >= 0.6 is 0 Å². The number of Topliss-reactive ketones (excluding diaryl/α,β-unsaturated/α-hetero) is 1. The van der Waals surface area contributed by atoms with Crippen LogP contribution in [0.4, 0.5) is 4.79 Å². The van der Waals surface area contributed by atoms with Crippen LogP contribution in [0, 0.1) is 11.8 Å². The number of urea groups is 1. The van der Waals surface area contributed by atoms with E-state index in [0.717, 1.165) is 45.1 Å². The highest BCUT2D eigenvalue weighted by Crippen LogP contribution is 2.35. The quantitative estimate of drug-likeness (QED) is 0.808. The molecule has 3 fully saturated rings. The lowest BCUT2D eigenvalue weighted by molar-refractivity contribution is -0.143. The van der Waals surface area contributed by atoms with Crippen molar-refractivity contribution < 1.29 is 14.4 Å². The summed E-state index contributed by atoms with van der Waals surface area (Å²) in [6, 6.07) is 0.0310. The molecule has 4 rings (SSSR count). The first-order valence-corrected chi connectivity index (χ1v) is 11.2. The molecule has 1 saturated carbocycles. The molecule has 2 saturated heterocycles. The van der Waals surface area contributed by atoms with Crippen LogP contribution in [0.5, 0.6) is 0 Å². The molecule has 2 aliphatic heterocycles. The number of ketones is 1. The minimum Gasteiger partial charge on any atom is -0.338 e. The van der Waals surface area contributed by atoms with Crippen molar-refractivity contribution in [3.8, 4) is 0 Å². The highest BCUT2D eigenvalue weighted by atomic mass is 16.2. The number of carbonyl (C=O) groups is 3. The monoisotopic (exact) mass is 387 g/mol. The number of nitrogens with one attached hydrogen (secondary N) is 1. The Bertz CT molecular complexity index is 659. The summed E-state index contributed by atoms with van der Waals surface area (Å²) in [6.45, 7) is 1.70. The third-order valence-corrected chi connectivity index (χ3v) is 7.10. The van der Waals surface area contributed by atoms with Crippen LogP contribution in [0.1, 0.15) is 70.6 Å². The highest BCUT2D eigenvalue weighted by molar-refractivity contribution is 5.86.